The molecule has 0 saturated heterocycles. The highest BCUT2D eigenvalue weighted by atomic mass is 14.7. The van der Waals surface area contributed by atoms with Crippen LogP contribution in [0.2, 0.25) is 0 Å². The molecular weight excluding hydrogens is 206 g/mol. The van der Waals surface area contributed by atoms with E-state index in [4.69, 9.17) is 6.42 Å². The quantitative estimate of drug-likeness (QED) is 0.583. The van der Waals surface area contributed by atoms with Crippen molar-refractivity contribution >= 4 is 10.9 Å². The van der Waals surface area contributed by atoms with Crippen molar-refractivity contribution in [2.75, 3.05) is 0 Å². The van der Waals surface area contributed by atoms with E-state index >= 15 is 0 Å². The maximum Gasteiger partial charge on any atom is 0.0458 e. The lowest BCUT2D eigenvalue weighted by molar-refractivity contribution is 0.814. The lowest BCUT2D eigenvalue weighted by Gasteiger charge is -2.02. The molecule has 0 spiro atoms. The van der Waals surface area contributed by atoms with E-state index in [2.05, 4.69) is 42.1 Å². The first-order valence-corrected chi connectivity index (χ1v) is 6.38. The fourth-order valence-corrected chi connectivity index (χ4v) is 2.37. The average molecular weight is 225 g/mol. The summed E-state index contributed by atoms with van der Waals surface area (Å²) in [5.74, 6) is 2.71. The molecule has 0 radical (unpaired) electrons. The van der Waals surface area contributed by atoms with Crippen LogP contribution in [0.1, 0.15) is 37.4 Å². The molecule has 0 amide bonds. The maximum absolute atomic E-state index is 5.30. The molecule has 0 aliphatic heterocycles. The number of H-pyrrole nitrogens is 1. The number of fused-ring (bicyclic) bond motifs is 1. The van der Waals surface area contributed by atoms with Crippen LogP contribution in [-0.4, -0.2) is 4.98 Å². The Balaban J connectivity index is 2.32. The zero-order valence-corrected chi connectivity index (χ0v) is 10.4. The normalized spacial score (nSPS) is 10.6. The Morgan fingerprint density at radius 2 is 2.06 bits per heavy atom. The number of terminal acetylenes is 1. The van der Waals surface area contributed by atoms with Crippen molar-refractivity contribution in [3.63, 3.8) is 0 Å². The SMILES string of the molecule is C#CCCCc1[nH]c2ccccc2c1CCC. The topological polar surface area (TPSA) is 15.8 Å². The molecule has 17 heavy (non-hydrogen) atoms. The lowest BCUT2D eigenvalue weighted by atomic mass is 10.0. The molecule has 1 aromatic carbocycles. The molecule has 1 N–H and O–H groups in total. The molecular formula is C16H19N. The summed E-state index contributed by atoms with van der Waals surface area (Å²) in [4.78, 5) is 3.54. The van der Waals surface area contributed by atoms with E-state index in [1.165, 1.54) is 28.6 Å². The Hall–Kier alpha value is -1.68. The van der Waals surface area contributed by atoms with E-state index in [0.29, 0.717) is 0 Å². The fraction of sp³-hybridized carbons (Fsp3) is 0.375. The molecule has 0 atom stereocenters. The van der Waals surface area contributed by atoms with E-state index in [0.717, 1.165) is 25.7 Å². The van der Waals surface area contributed by atoms with Crippen molar-refractivity contribution in [1.82, 2.24) is 4.98 Å². The Bertz CT molecular complexity index is 528. The van der Waals surface area contributed by atoms with Crippen LogP contribution in [-0.2, 0) is 12.8 Å². The Morgan fingerprint density at radius 1 is 1.24 bits per heavy atom. The molecule has 1 nitrogen and oxygen atoms in total. The second kappa shape index (κ2) is 5.59. The number of aryl methyl sites for hydroxylation is 2. The van der Waals surface area contributed by atoms with Crippen LogP contribution in [0.3, 0.4) is 0 Å². The van der Waals surface area contributed by atoms with Crippen LogP contribution in [0, 0.1) is 12.3 Å². The molecule has 0 bridgehead atoms. The predicted octanol–water partition coefficient (Wildman–Crippen LogP) is 4.08. The number of unbranched alkanes of at least 4 members (excludes halogenated alkanes) is 1. The van der Waals surface area contributed by atoms with Gasteiger partial charge in [-0.05, 0) is 30.9 Å². The van der Waals surface area contributed by atoms with Crippen LogP contribution < -0.4 is 0 Å². The zero-order chi connectivity index (χ0) is 12.1. The first-order valence-electron chi connectivity index (χ1n) is 6.38. The highest BCUT2D eigenvalue weighted by Crippen LogP contribution is 2.24. The molecule has 1 heteroatoms. The minimum atomic E-state index is 0.862. The van der Waals surface area contributed by atoms with Crippen molar-refractivity contribution in [1.29, 1.82) is 0 Å². The van der Waals surface area contributed by atoms with Gasteiger partial charge in [-0.3, -0.25) is 0 Å². The zero-order valence-electron chi connectivity index (χ0n) is 10.4. The lowest BCUT2D eigenvalue weighted by Crippen LogP contribution is -1.92. The Morgan fingerprint density at radius 3 is 2.82 bits per heavy atom. The van der Waals surface area contributed by atoms with Crippen LogP contribution in [0.15, 0.2) is 24.3 Å². The van der Waals surface area contributed by atoms with Crippen molar-refractivity contribution < 1.29 is 0 Å². The minimum Gasteiger partial charge on any atom is -0.358 e. The van der Waals surface area contributed by atoms with Crippen LogP contribution >= 0.6 is 0 Å². The summed E-state index contributed by atoms with van der Waals surface area (Å²) in [6.07, 6.45) is 10.6. The molecule has 0 fully saturated rings. The molecule has 1 heterocycles. The summed E-state index contributed by atoms with van der Waals surface area (Å²) < 4.78 is 0. The highest BCUT2D eigenvalue weighted by Gasteiger charge is 2.09. The standard InChI is InChI=1S/C16H19N/c1-3-5-6-11-15-13(9-4-2)14-10-7-8-12-16(14)17-15/h1,7-8,10,12,17H,4-6,9,11H2,2H3. The van der Waals surface area contributed by atoms with Gasteiger partial charge in [-0.15, -0.1) is 12.3 Å². The van der Waals surface area contributed by atoms with Gasteiger partial charge < -0.3 is 4.98 Å². The van der Waals surface area contributed by atoms with Gasteiger partial charge in [0.25, 0.3) is 0 Å². The van der Waals surface area contributed by atoms with Gasteiger partial charge in [0.2, 0.25) is 0 Å². The highest BCUT2D eigenvalue weighted by molar-refractivity contribution is 5.84. The van der Waals surface area contributed by atoms with Crippen LogP contribution in [0.5, 0.6) is 0 Å². The number of aromatic nitrogens is 1. The average Bonchev–Trinajstić information content (AvgIpc) is 2.69. The van der Waals surface area contributed by atoms with Gasteiger partial charge in [-0.25, -0.2) is 0 Å². The number of nitrogens with one attached hydrogen (secondary N) is 1. The predicted molar refractivity (Wildman–Crippen MR) is 74.1 cm³/mol. The van der Waals surface area contributed by atoms with Gasteiger partial charge in [0.05, 0.1) is 0 Å². The first-order chi connectivity index (χ1) is 8.36. The molecule has 2 aromatic rings. The number of benzene rings is 1. The van der Waals surface area contributed by atoms with E-state index in [1.807, 2.05) is 0 Å². The molecule has 2 rings (SSSR count). The third-order valence-corrected chi connectivity index (χ3v) is 3.15. The summed E-state index contributed by atoms with van der Waals surface area (Å²) in [5.41, 5.74) is 4.12. The van der Waals surface area contributed by atoms with E-state index in [-0.39, 0.29) is 0 Å². The molecule has 1 aromatic heterocycles. The van der Waals surface area contributed by atoms with Gasteiger partial charge in [0.1, 0.15) is 0 Å². The fourth-order valence-electron chi connectivity index (χ4n) is 2.37. The number of aromatic amines is 1. The van der Waals surface area contributed by atoms with Crippen molar-refractivity contribution in [3.8, 4) is 12.3 Å². The number of hydrogen-bond donors (Lipinski definition) is 1. The molecule has 0 aliphatic rings. The van der Waals surface area contributed by atoms with Crippen LogP contribution in [0.4, 0.5) is 0 Å². The van der Waals surface area contributed by atoms with Gasteiger partial charge in [-0.1, -0.05) is 31.5 Å². The monoisotopic (exact) mass is 225 g/mol. The van der Waals surface area contributed by atoms with Crippen molar-refractivity contribution in [2.24, 2.45) is 0 Å². The second-order valence-corrected chi connectivity index (χ2v) is 4.44. The summed E-state index contributed by atoms with van der Waals surface area (Å²) in [6, 6.07) is 8.56. The van der Waals surface area contributed by atoms with Crippen molar-refractivity contribution in [2.45, 2.75) is 39.0 Å². The van der Waals surface area contributed by atoms with E-state index in [1.54, 1.807) is 0 Å². The van der Waals surface area contributed by atoms with Gasteiger partial charge >= 0.3 is 0 Å². The summed E-state index contributed by atoms with van der Waals surface area (Å²) in [6.45, 7) is 2.23. The summed E-state index contributed by atoms with van der Waals surface area (Å²) >= 11 is 0. The van der Waals surface area contributed by atoms with Crippen LogP contribution in [0.25, 0.3) is 10.9 Å². The van der Waals surface area contributed by atoms with Gasteiger partial charge in [0.15, 0.2) is 0 Å². The van der Waals surface area contributed by atoms with Gasteiger partial charge in [0, 0.05) is 23.0 Å². The Labute approximate surface area is 103 Å². The maximum atomic E-state index is 5.30. The Kier molecular flexibility index (Phi) is 3.88. The van der Waals surface area contributed by atoms with E-state index < -0.39 is 0 Å². The third-order valence-electron chi connectivity index (χ3n) is 3.15. The summed E-state index contributed by atoms with van der Waals surface area (Å²) in [7, 11) is 0. The number of para-hydroxylation sites is 1. The van der Waals surface area contributed by atoms with Crippen molar-refractivity contribution in [3.05, 3.63) is 35.5 Å². The number of hydrogen-bond acceptors (Lipinski definition) is 0. The molecule has 0 saturated carbocycles. The minimum absolute atomic E-state index is 0.862. The molecule has 0 unspecified atom stereocenters. The number of rotatable bonds is 5. The molecule has 88 valence electrons. The second-order valence-electron chi connectivity index (χ2n) is 4.44. The van der Waals surface area contributed by atoms with E-state index in [9.17, 15) is 0 Å². The smallest absolute Gasteiger partial charge is 0.0458 e. The largest absolute Gasteiger partial charge is 0.358 e. The first kappa shape index (κ1) is 11.8. The summed E-state index contributed by atoms with van der Waals surface area (Å²) in [5, 5.41) is 1.38. The van der Waals surface area contributed by atoms with Gasteiger partial charge in [-0.2, -0.15) is 0 Å². The molecule has 0 aliphatic carbocycles. The third kappa shape index (κ3) is 2.53.